The van der Waals surface area contributed by atoms with Gasteiger partial charge in [0.25, 0.3) is 0 Å². The highest BCUT2D eigenvalue weighted by Crippen LogP contribution is 2.34. The van der Waals surface area contributed by atoms with E-state index < -0.39 is 78.4 Å². The maximum atomic E-state index is 14.8. The van der Waals surface area contributed by atoms with Crippen LogP contribution >= 0.6 is 0 Å². The molecular weight excluding hydrogens is 1010 g/mol. The smallest absolute Gasteiger partial charge is 0.321 e. The van der Waals surface area contributed by atoms with E-state index in [2.05, 4.69) is 37.2 Å². The minimum atomic E-state index is -1.18. The second-order valence-corrected chi connectivity index (χ2v) is 21.1. The predicted molar refractivity (Wildman–Crippen MR) is 304 cm³/mol. The maximum absolute atomic E-state index is 14.8. The van der Waals surface area contributed by atoms with Crippen molar-refractivity contribution < 1.29 is 38.7 Å². The standard InChI is InChI=1S/C61H73N11O8/c1-4-52(73)65-48-37-69(34-32-46-28-30-50(71(46)58(48)77)56(75)67-53(40-18-9-5-10-19-40)41-20-11-6-12-21-41)60(79)63-44-26-17-27-45(36-44)64-61(80)70-35-33-47-29-31-51(72(47)59(78)49(38-70)66-55(74)39(2)62-3)57(76)68-54(42-22-13-7-14-23-42)43-24-15-8-16-25-43/h5-27,36,39,46-54,62,65,73H,4,28-35,37-38H2,1-3H3,(H,63,79)(H,64,80)(H,66,74)(H,67,75)(H,68,76)/t39-,46+,47+,48-,49-,50?,51-,52?/m0/s1. The Balaban J connectivity index is 0.865. The molecule has 5 aromatic rings. The quantitative estimate of drug-likeness (QED) is 0.0580. The molecule has 4 saturated heterocycles. The third-order valence-corrected chi connectivity index (χ3v) is 16.0. The molecule has 19 heteroatoms. The van der Waals surface area contributed by atoms with E-state index in [1.54, 1.807) is 55.0 Å². The minimum Gasteiger partial charge on any atom is -0.379 e. The van der Waals surface area contributed by atoms with Crippen LogP contribution in [-0.2, 0) is 24.0 Å². The van der Waals surface area contributed by atoms with Crippen molar-refractivity contribution in [3.05, 3.63) is 168 Å². The molecule has 9 rings (SSSR count). The number of amides is 9. The number of aliphatic hydroxyl groups is 1. The molecule has 0 aromatic heterocycles. The molecule has 80 heavy (non-hydrogen) atoms. The lowest BCUT2D eigenvalue weighted by Crippen LogP contribution is -2.62. The van der Waals surface area contributed by atoms with Crippen LogP contribution in [0.3, 0.4) is 0 Å². The number of nitrogens with one attached hydrogen (secondary N) is 7. The summed E-state index contributed by atoms with van der Waals surface area (Å²) in [5.74, 6) is -1.89. The second-order valence-electron chi connectivity index (χ2n) is 21.1. The van der Waals surface area contributed by atoms with E-state index in [0.717, 1.165) is 22.3 Å². The van der Waals surface area contributed by atoms with Crippen molar-refractivity contribution >= 4 is 53.0 Å². The SMILES string of the molecule is CCC(O)N[C@H]1CN(C(=O)Nc2cccc(NC(=O)N3CC[C@H]4CC[C@@H](C(=O)NC(c5ccccc5)c5ccccc5)N4C(=O)[C@@H](NC(=O)[C@H](C)NC)C3)c2)CC[C@H]2CCC(C(=O)NC(c3ccccc3)c3ccccc3)N2C1=O. The van der Waals surface area contributed by atoms with Gasteiger partial charge in [-0.2, -0.15) is 0 Å². The summed E-state index contributed by atoms with van der Waals surface area (Å²) in [5, 5.41) is 32.0. The number of hydrogen-bond donors (Lipinski definition) is 8. The number of nitrogens with zero attached hydrogens (tertiary/aromatic N) is 4. The summed E-state index contributed by atoms with van der Waals surface area (Å²) in [7, 11) is 1.63. The van der Waals surface area contributed by atoms with Crippen LogP contribution in [0.4, 0.5) is 21.0 Å². The molecule has 5 aromatic carbocycles. The van der Waals surface area contributed by atoms with Gasteiger partial charge in [-0.15, -0.1) is 0 Å². The van der Waals surface area contributed by atoms with Gasteiger partial charge < -0.3 is 56.6 Å². The fourth-order valence-corrected chi connectivity index (χ4v) is 11.5. The van der Waals surface area contributed by atoms with Gasteiger partial charge in [0.1, 0.15) is 30.4 Å². The number of likely N-dealkylation sites (N-methyl/N-ethyl adjacent to an activating group) is 1. The molecule has 4 fully saturated rings. The highest BCUT2D eigenvalue weighted by Gasteiger charge is 2.48. The van der Waals surface area contributed by atoms with E-state index >= 15 is 0 Å². The highest BCUT2D eigenvalue weighted by atomic mass is 16.3. The van der Waals surface area contributed by atoms with E-state index in [1.165, 1.54) is 9.80 Å². The lowest BCUT2D eigenvalue weighted by Gasteiger charge is -2.39. The van der Waals surface area contributed by atoms with Gasteiger partial charge in [-0.3, -0.25) is 29.3 Å². The number of carbonyl (C=O) groups is 7. The summed E-state index contributed by atoms with van der Waals surface area (Å²) in [6, 6.07) is 38.0. The van der Waals surface area contributed by atoms with Crippen LogP contribution in [0.25, 0.3) is 0 Å². The molecule has 4 aliphatic heterocycles. The largest absolute Gasteiger partial charge is 0.379 e. The Bertz CT molecular complexity index is 2880. The van der Waals surface area contributed by atoms with Crippen molar-refractivity contribution in [2.45, 2.75) is 119 Å². The average Bonchev–Trinajstić information content (AvgIpc) is 4.14. The third-order valence-electron chi connectivity index (χ3n) is 16.0. The summed E-state index contributed by atoms with van der Waals surface area (Å²) in [6.45, 7) is 3.60. The lowest BCUT2D eigenvalue weighted by molar-refractivity contribution is -0.144. The normalized spacial score (nSPS) is 22.0. The van der Waals surface area contributed by atoms with Crippen molar-refractivity contribution in [2.24, 2.45) is 0 Å². The topological polar surface area (TPSA) is 237 Å². The number of fused-ring (bicyclic) bond motifs is 2. The first-order valence-electron chi connectivity index (χ1n) is 27.9. The number of anilines is 2. The first-order valence-corrected chi connectivity index (χ1v) is 27.9. The van der Waals surface area contributed by atoms with E-state index in [0.29, 0.717) is 56.3 Å². The van der Waals surface area contributed by atoms with Crippen LogP contribution in [-0.4, -0.2) is 148 Å². The van der Waals surface area contributed by atoms with E-state index in [1.807, 2.05) is 121 Å². The van der Waals surface area contributed by atoms with Crippen LogP contribution in [0.15, 0.2) is 146 Å². The van der Waals surface area contributed by atoms with Crippen molar-refractivity contribution in [3.8, 4) is 0 Å². The molecule has 420 valence electrons. The summed E-state index contributed by atoms with van der Waals surface area (Å²) in [5.41, 5.74) is 4.27. The van der Waals surface area contributed by atoms with E-state index in [9.17, 15) is 38.7 Å². The summed E-state index contributed by atoms with van der Waals surface area (Å²) in [6.07, 6.45) is 1.90. The Labute approximate surface area is 467 Å². The Kier molecular flexibility index (Phi) is 18.5. The Hall–Kier alpha value is -8.13. The molecule has 9 amide bonds. The molecular formula is C61H73N11O8. The van der Waals surface area contributed by atoms with Crippen LogP contribution in [0.2, 0.25) is 0 Å². The van der Waals surface area contributed by atoms with Crippen LogP contribution < -0.4 is 37.2 Å². The third kappa shape index (κ3) is 13.3. The summed E-state index contributed by atoms with van der Waals surface area (Å²) < 4.78 is 0. The molecule has 19 nitrogen and oxygen atoms in total. The molecule has 8 N–H and O–H groups in total. The minimum absolute atomic E-state index is 0.101. The molecule has 0 radical (unpaired) electrons. The van der Waals surface area contributed by atoms with Crippen molar-refractivity contribution in [3.63, 3.8) is 0 Å². The summed E-state index contributed by atoms with van der Waals surface area (Å²) >= 11 is 0. The lowest BCUT2D eigenvalue weighted by atomic mass is 9.98. The number of aliphatic hydroxyl groups excluding tert-OH is 1. The molecule has 0 spiro atoms. The van der Waals surface area contributed by atoms with Crippen LogP contribution in [0.1, 0.15) is 93.1 Å². The number of hydrogen-bond acceptors (Lipinski definition) is 10. The number of carbonyl (C=O) groups excluding carboxylic acids is 7. The number of benzene rings is 5. The van der Waals surface area contributed by atoms with Crippen LogP contribution in [0.5, 0.6) is 0 Å². The number of rotatable bonds is 16. The second kappa shape index (κ2) is 26.2. The van der Waals surface area contributed by atoms with Gasteiger partial charge >= 0.3 is 12.1 Å². The van der Waals surface area contributed by atoms with Gasteiger partial charge in [-0.1, -0.05) is 134 Å². The molecule has 4 aliphatic rings. The fourth-order valence-electron chi connectivity index (χ4n) is 11.5. The van der Waals surface area contributed by atoms with Gasteiger partial charge in [0.2, 0.25) is 29.5 Å². The zero-order valence-corrected chi connectivity index (χ0v) is 45.5. The molecule has 0 bridgehead atoms. The van der Waals surface area contributed by atoms with Gasteiger partial charge in [0, 0.05) is 43.1 Å². The van der Waals surface area contributed by atoms with Gasteiger partial charge in [-0.05, 0) is 99.4 Å². The Morgan fingerprint density at radius 1 is 0.550 bits per heavy atom. The molecule has 0 aliphatic carbocycles. The van der Waals surface area contributed by atoms with Crippen molar-refractivity contribution in [1.82, 2.24) is 46.2 Å². The predicted octanol–water partition coefficient (Wildman–Crippen LogP) is 5.47. The molecule has 0 saturated carbocycles. The molecule has 2 unspecified atom stereocenters. The average molecular weight is 1090 g/mol. The number of urea groups is 2. The van der Waals surface area contributed by atoms with Crippen molar-refractivity contribution in [2.75, 3.05) is 43.9 Å². The van der Waals surface area contributed by atoms with E-state index in [4.69, 9.17) is 0 Å². The van der Waals surface area contributed by atoms with Crippen LogP contribution in [0, 0.1) is 0 Å². The zero-order chi connectivity index (χ0) is 56.3. The fraction of sp³-hybridized carbons (Fsp3) is 0.393. The Morgan fingerprint density at radius 3 is 1.35 bits per heavy atom. The molecule has 8 atom stereocenters. The van der Waals surface area contributed by atoms with Crippen molar-refractivity contribution in [1.29, 1.82) is 0 Å². The monoisotopic (exact) mass is 1090 g/mol. The zero-order valence-electron chi connectivity index (χ0n) is 45.5. The van der Waals surface area contributed by atoms with Gasteiger partial charge in [-0.25, -0.2) is 9.59 Å². The van der Waals surface area contributed by atoms with Gasteiger partial charge in [0.15, 0.2) is 0 Å². The van der Waals surface area contributed by atoms with E-state index in [-0.39, 0.29) is 49.9 Å². The summed E-state index contributed by atoms with van der Waals surface area (Å²) in [4.78, 5) is 106. The molecule has 4 heterocycles. The van der Waals surface area contributed by atoms with Gasteiger partial charge in [0.05, 0.1) is 24.7 Å². The first kappa shape index (κ1) is 56.6. The maximum Gasteiger partial charge on any atom is 0.321 e. The first-order chi connectivity index (χ1) is 38.8. The highest BCUT2D eigenvalue weighted by molar-refractivity contribution is 5.97. The Morgan fingerprint density at radius 2 is 0.950 bits per heavy atom.